The van der Waals surface area contributed by atoms with Crippen LogP contribution in [0, 0.1) is 11.3 Å². The predicted octanol–water partition coefficient (Wildman–Crippen LogP) is 3.24. The summed E-state index contributed by atoms with van der Waals surface area (Å²) >= 11 is 1.45. The lowest BCUT2D eigenvalue weighted by atomic mass is 10.1. The molecule has 0 amide bonds. The molecule has 2 atom stereocenters. The molecule has 4 heteroatoms. The van der Waals surface area contributed by atoms with Crippen LogP contribution in [-0.4, -0.2) is 11.2 Å². The lowest BCUT2D eigenvalue weighted by Gasteiger charge is -2.05. The largest absolute Gasteiger partial charge is 0.325 e. The molecule has 0 saturated heterocycles. The number of nitrogens with zero attached hydrogens (tertiary/aromatic N) is 1. The maximum atomic E-state index is 11.9. The number of nitrogens with one attached hydrogen (secondary N) is 1. The van der Waals surface area contributed by atoms with Gasteiger partial charge in [-0.3, -0.25) is 4.79 Å². The highest BCUT2D eigenvalue weighted by Gasteiger charge is 2.40. The third-order valence-electron chi connectivity index (χ3n) is 3.77. The van der Waals surface area contributed by atoms with Crippen LogP contribution < -0.4 is 5.56 Å². The van der Waals surface area contributed by atoms with Gasteiger partial charge in [0.15, 0.2) is 0 Å². The molecule has 3 rings (SSSR count). The summed E-state index contributed by atoms with van der Waals surface area (Å²) in [6.45, 7) is 0. The summed E-state index contributed by atoms with van der Waals surface area (Å²) in [6.07, 6.45) is 2.95. The molecule has 1 aliphatic rings. The highest BCUT2D eigenvalue weighted by molar-refractivity contribution is 7.98. The van der Waals surface area contributed by atoms with Crippen molar-refractivity contribution in [2.75, 3.05) is 6.26 Å². The molecule has 1 fully saturated rings. The Labute approximate surface area is 121 Å². The highest BCUT2D eigenvalue weighted by Crippen LogP contribution is 2.54. The topological polar surface area (TPSA) is 56.6 Å². The van der Waals surface area contributed by atoms with E-state index in [1.54, 1.807) is 0 Å². The second kappa shape index (κ2) is 5.18. The van der Waals surface area contributed by atoms with Crippen LogP contribution in [0.2, 0.25) is 0 Å². The first-order valence-electron chi connectivity index (χ1n) is 6.51. The summed E-state index contributed by atoms with van der Waals surface area (Å²) in [5.74, 6) is 0.846. The van der Waals surface area contributed by atoms with Gasteiger partial charge in [0.25, 0.3) is 5.56 Å². The average Bonchev–Trinajstić information content (AvgIpc) is 3.27. The summed E-state index contributed by atoms with van der Waals surface area (Å²) in [5.41, 5.74) is 2.21. The average molecular weight is 282 g/mol. The molecule has 0 bridgehead atoms. The predicted molar refractivity (Wildman–Crippen MR) is 80.1 cm³/mol. The summed E-state index contributed by atoms with van der Waals surface area (Å²) in [7, 11) is 0. The molecule has 1 aromatic carbocycles. The number of H-pyrrole nitrogens is 1. The molecule has 20 heavy (non-hydrogen) atoms. The van der Waals surface area contributed by atoms with Gasteiger partial charge in [0.2, 0.25) is 0 Å². The van der Waals surface area contributed by atoms with Crippen molar-refractivity contribution in [2.45, 2.75) is 23.2 Å². The van der Waals surface area contributed by atoms with Gasteiger partial charge in [-0.05, 0) is 30.2 Å². The van der Waals surface area contributed by atoms with Gasteiger partial charge < -0.3 is 4.98 Å². The van der Waals surface area contributed by atoms with Crippen LogP contribution in [0.3, 0.4) is 0 Å². The third kappa shape index (κ3) is 2.25. The Balaban J connectivity index is 1.93. The van der Waals surface area contributed by atoms with E-state index in [1.165, 1.54) is 17.3 Å². The Morgan fingerprint density at radius 2 is 2.05 bits per heavy atom. The minimum atomic E-state index is -0.270. The Morgan fingerprint density at radius 1 is 1.30 bits per heavy atom. The smallest absolute Gasteiger partial charge is 0.267 e. The Kier molecular flexibility index (Phi) is 3.37. The fourth-order valence-electron chi connectivity index (χ4n) is 2.63. The number of aromatic amines is 1. The van der Waals surface area contributed by atoms with Crippen LogP contribution in [0.4, 0.5) is 0 Å². The van der Waals surface area contributed by atoms with Crippen LogP contribution in [0.1, 0.15) is 35.1 Å². The highest BCUT2D eigenvalue weighted by atomic mass is 32.2. The minimum Gasteiger partial charge on any atom is -0.325 e. The summed E-state index contributed by atoms with van der Waals surface area (Å²) in [6, 6.07) is 14.3. The normalized spacial score (nSPS) is 20.4. The zero-order chi connectivity index (χ0) is 14.1. The Bertz CT molecular complexity index is 730. The van der Waals surface area contributed by atoms with Gasteiger partial charge in [-0.2, -0.15) is 5.26 Å². The van der Waals surface area contributed by atoms with E-state index in [9.17, 15) is 4.79 Å². The number of thioether (sulfide) groups is 1. The van der Waals surface area contributed by atoms with E-state index in [2.05, 4.69) is 17.1 Å². The maximum absolute atomic E-state index is 11.9. The summed E-state index contributed by atoms with van der Waals surface area (Å²) in [4.78, 5) is 15.6. The molecule has 0 aliphatic heterocycles. The van der Waals surface area contributed by atoms with Gasteiger partial charge in [0.1, 0.15) is 11.6 Å². The lowest BCUT2D eigenvalue weighted by molar-refractivity contribution is 0.934. The van der Waals surface area contributed by atoms with Crippen LogP contribution >= 0.6 is 11.8 Å². The van der Waals surface area contributed by atoms with E-state index >= 15 is 0 Å². The molecule has 1 heterocycles. The Hall–Kier alpha value is -1.99. The van der Waals surface area contributed by atoms with E-state index in [0.717, 1.165) is 17.0 Å². The zero-order valence-corrected chi connectivity index (χ0v) is 11.9. The number of pyridine rings is 1. The second-order valence-corrected chi connectivity index (χ2v) is 5.82. The van der Waals surface area contributed by atoms with E-state index in [1.807, 2.05) is 36.6 Å². The fourth-order valence-corrected chi connectivity index (χ4v) is 3.22. The van der Waals surface area contributed by atoms with Crippen molar-refractivity contribution in [3.63, 3.8) is 0 Å². The van der Waals surface area contributed by atoms with Gasteiger partial charge in [0, 0.05) is 16.5 Å². The van der Waals surface area contributed by atoms with Crippen molar-refractivity contribution in [1.82, 2.24) is 4.98 Å². The van der Waals surface area contributed by atoms with Crippen LogP contribution in [0.25, 0.3) is 0 Å². The van der Waals surface area contributed by atoms with Gasteiger partial charge in [0.05, 0.1) is 0 Å². The third-order valence-corrected chi connectivity index (χ3v) is 4.53. The van der Waals surface area contributed by atoms with Crippen LogP contribution in [-0.2, 0) is 0 Å². The van der Waals surface area contributed by atoms with Crippen molar-refractivity contribution in [2.24, 2.45) is 0 Å². The number of rotatable bonds is 3. The molecule has 1 N–H and O–H groups in total. The fraction of sp³-hybridized carbons (Fsp3) is 0.250. The molecule has 2 aromatic rings. The summed E-state index contributed by atoms with van der Waals surface area (Å²) < 4.78 is 0. The van der Waals surface area contributed by atoms with Crippen molar-refractivity contribution in [3.8, 4) is 6.07 Å². The van der Waals surface area contributed by atoms with E-state index < -0.39 is 0 Å². The van der Waals surface area contributed by atoms with Crippen LogP contribution in [0.5, 0.6) is 0 Å². The Morgan fingerprint density at radius 3 is 2.70 bits per heavy atom. The number of benzene rings is 1. The number of aromatic nitrogens is 1. The van der Waals surface area contributed by atoms with Crippen molar-refractivity contribution < 1.29 is 0 Å². The zero-order valence-electron chi connectivity index (χ0n) is 11.1. The maximum Gasteiger partial charge on any atom is 0.267 e. The lowest BCUT2D eigenvalue weighted by Crippen LogP contribution is -2.13. The molecular formula is C16H14N2OS. The van der Waals surface area contributed by atoms with Crippen molar-refractivity contribution >= 4 is 11.8 Å². The molecule has 0 spiro atoms. The quantitative estimate of drug-likeness (QED) is 0.879. The van der Waals surface area contributed by atoms with Gasteiger partial charge in [-0.25, -0.2) is 0 Å². The first kappa shape index (κ1) is 13.0. The van der Waals surface area contributed by atoms with E-state index in [4.69, 9.17) is 5.26 Å². The molecule has 1 saturated carbocycles. The molecule has 0 radical (unpaired) electrons. The SMILES string of the molecule is CSc1cc(C2CC2c2ccccc2)[nH]c(=O)c1C#N. The standard InChI is InChI=1S/C16H14N2OS/c1-20-15-8-14(18-16(19)13(15)9-17)12-7-11(12)10-5-3-2-4-6-10/h2-6,8,11-12H,7H2,1H3,(H,18,19). The molecule has 100 valence electrons. The molecular weight excluding hydrogens is 268 g/mol. The van der Waals surface area contributed by atoms with Crippen LogP contribution in [0.15, 0.2) is 46.1 Å². The second-order valence-electron chi connectivity index (χ2n) is 4.97. The van der Waals surface area contributed by atoms with Gasteiger partial charge in [-0.15, -0.1) is 11.8 Å². The molecule has 3 nitrogen and oxygen atoms in total. The number of hydrogen-bond acceptors (Lipinski definition) is 3. The number of nitriles is 1. The van der Waals surface area contributed by atoms with Crippen molar-refractivity contribution in [1.29, 1.82) is 5.26 Å². The molecule has 1 aromatic heterocycles. The van der Waals surface area contributed by atoms with Gasteiger partial charge in [-0.1, -0.05) is 30.3 Å². The molecule has 2 unspecified atom stereocenters. The first-order chi connectivity index (χ1) is 9.74. The number of hydrogen-bond donors (Lipinski definition) is 1. The minimum absolute atomic E-state index is 0.221. The van der Waals surface area contributed by atoms with E-state index in [0.29, 0.717) is 11.8 Å². The van der Waals surface area contributed by atoms with Gasteiger partial charge >= 0.3 is 0 Å². The first-order valence-corrected chi connectivity index (χ1v) is 7.73. The summed E-state index contributed by atoms with van der Waals surface area (Å²) in [5, 5.41) is 9.02. The molecule has 1 aliphatic carbocycles. The monoisotopic (exact) mass is 282 g/mol. The van der Waals surface area contributed by atoms with E-state index in [-0.39, 0.29) is 11.1 Å². The van der Waals surface area contributed by atoms with Crippen molar-refractivity contribution in [3.05, 3.63) is 63.6 Å².